The lowest BCUT2D eigenvalue weighted by Crippen LogP contribution is -2.57. The number of anilines is 1. The Bertz CT molecular complexity index is 981. The Morgan fingerprint density at radius 1 is 1.00 bits per heavy atom. The van der Waals surface area contributed by atoms with Gasteiger partial charge in [-0.15, -0.1) is 0 Å². The Morgan fingerprint density at radius 3 is 2.37 bits per heavy atom. The van der Waals surface area contributed by atoms with Crippen LogP contribution in [0.25, 0.3) is 11.1 Å². The molecule has 3 nitrogen and oxygen atoms in total. The Kier molecular flexibility index (Phi) is 4.28. The first-order chi connectivity index (χ1) is 12.9. The molecule has 0 aliphatic carbocycles. The van der Waals surface area contributed by atoms with E-state index in [4.69, 9.17) is 5.73 Å². The van der Waals surface area contributed by atoms with Crippen molar-refractivity contribution in [1.82, 2.24) is 0 Å². The van der Waals surface area contributed by atoms with Gasteiger partial charge in [-0.05, 0) is 53.4 Å². The molecular weight excluding hydrogens is 339 g/mol. The quantitative estimate of drug-likeness (QED) is 0.757. The summed E-state index contributed by atoms with van der Waals surface area (Å²) in [5.41, 5.74) is 10.3. The molecule has 2 N–H and O–H groups in total. The van der Waals surface area contributed by atoms with Crippen molar-refractivity contribution in [1.29, 1.82) is 0 Å². The standard InChI is InChI=1S/C23H21FN2O/c1-23(25)14-19-13-18(17-7-10-20(24)11-8-17)9-12-21(19)26(22(23)27)15-16-5-3-2-4-6-16/h2-13H,14-15,25H2,1H3. The molecule has 3 aromatic carbocycles. The van der Waals surface area contributed by atoms with Crippen molar-refractivity contribution < 1.29 is 9.18 Å². The van der Waals surface area contributed by atoms with Gasteiger partial charge < -0.3 is 10.6 Å². The summed E-state index contributed by atoms with van der Waals surface area (Å²) in [4.78, 5) is 14.7. The molecule has 1 atom stereocenters. The van der Waals surface area contributed by atoms with Gasteiger partial charge >= 0.3 is 0 Å². The minimum atomic E-state index is -0.955. The summed E-state index contributed by atoms with van der Waals surface area (Å²) in [6.07, 6.45) is 0.474. The summed E-state index contributed by atoms with van der Waals surface area (Å²) in [6, 6.07) is 22.3. The monoisotopic (exact) mass is 360 g/mol. The van der Waals surface area contributed by atoms with Gasteiger partial charge in [0.1, 0.15) is 5.82 Å². The van der Waals surface area contributed by atoms with E-state index < -0.39 is 5.54 Å². The molecule has 1 unspecified atom stereocenters. The highest BCUT2D eigenvalue weighted by Gasteiger charge is 2.39. The Labute approximate surface area is 158 Å². The van der Waals surface area contributed by atoms with Gasteiger partial charge in [0.15, 0.2) is 0 Å². The zero-order chi connectivity index (χ0) is 19.0. The topological polar surface area (TPSA) is 46.3 Å². The van der Waals surface area contributed by atoms with Gasteiger partial charge in [-0.25, -0.2) is 4.39 Å². The third kappa shape index (κ3) is 3.36. The largest absolute Gasteiger partial charge is 0.317 e. The number of carbonyl (C=O) groups excluding carboxylic acids is 1. The van der Waals surface area contributed by atoms with Gasteiger partial charge in [0.05, 0.1) is 12.1 Å². The number of rotatable bonds is 3. The molecule has 3 aromatic rings. The zero-order valence-electron chi connectivity index (χ0n) is 15.2. The van der Waals surface area contributed by atoms with E-state index in [1.807, 2.05) is 42.5 Å². The number of nitrogens with two attached hydrogens (primary N) is 1. The smallest absolute Gasteiger partial charge is 0.247 e. The molecule has 0 saturated carbocycles. The predicted octanol–water partition coefficient (Wildman–Crippen LogP) is 4.30. The van der Waals surface area contributed by atoms with Crippen LogP contribution >= 0.6 is 0 Å². The van der Waals surface area contributed by atoms with Crippen LogP contribution in [0.1, 0.15) is 18.1 Å². The first kappa shape index (κ1) is 17.4. The molecule has 0 radical (unpaired) electrons. The normalized spacial score (nSPS) is 19.1. The van der Waals surface area contributed by atoms with E-state index >= 15 is 0 Å². The lowest BCUT2D eigenvalue weighted by atomic mass is 9.85. The van der Waals surface area contributed by atoms with Gasteiger partial charge in [-0.3, -0.25) is 4.79 Å². The van der Waals surface area contributed by atoms with Crippen LogP contribution in [0.3, 0.4) is 0 Å². The third-order valence-electron chi connectivity index (χ3n) is 5.02. The second kappa shape index (κ2) is 6.63. The van der Waals surface area contributed by atoms with Crippen LogP contribution in [-0.2, 0) is 17.8 Å². The van der Waals surface area contributed by atoms with Crippen molar-refractivity contribution in [3.05, 3.63) is 89.7 Å². The van der Waals surface area contributed by atoms with Gasteiger partial charge in [-0.1, -0.05) is 48.5 Å². The maximum Gasteiger partial charge on any atom is 0.247 e. The van der Waals surface area contributed by atoms with Gasteiger partial charge in [-0.2, -0.15) is 0 Å². The van der Waals surface area contributed by atoms with Gasteiger partial charge in [0, 0.05) is 12.1 Å². The van der Waals surface area contributed by atoms with E-state index in [0.717, 1.165) is 27.9 Å². The molecule has 27 heavy (non-hydrogen) atoms. The van der Waals surface area contributed by atoms with Crippen molar-refractivity contribution in [3.8, 4) is 11.1 Å². The number of amides is 1. The number of hydrogen-bond acceptors (Lipinski definition) is 2. The number of carbonyl (C=O) groups is 1. The van der Waals surface area contributed by atoms with Crippen LogP contribution in [0.15, 0.2) is 72.8 Å². The lowest BCUT2D eigenvalue weighted by molar-refractivity contribution is -0.123. The first-order valence-electron chi connectivity index (χ1n) is 8.98. The average Bonchev–Trinajstić information content (AvgIpc) is 2.66. The van der Waals surface area contributed by atoms with Crippen molar-refractivity contribution in [3.63, 3.8) is 0 Å². The van der Waals surface area contributed by atoms with Crippen molar-refractivity contribution >= 4 is 11.6 Å². The fourth-order valence-electron chi connectivity index (χ4n) is 3.62. The average molecular weight is 360 g/mol. The molecule has 1 aliphatic rings. The number of benzene rings is 3. The van der Waals surface area contributed by atoms with E-state index in [9.17, 15) is 9.18 Å². The zero-order valence-corrected chi connectivity index (χ0v) is 15.2. The maximum absolute atomic E-state index is 13.2. The fraction of sp³-hybridized carbons (Fsp3) is 0.174. The van der Waals surface area contributed by atoms with Crippen molar-refractivity contribution in [2.45, 2.75) is 25.4 Å². The molecule has 136 valence electrons. The minimum Gasteiger partial charge on any atom is -0.317 e. The highest BCUT2D eigenvalue weighted by Crippen LogP contribution is 2.35. The Morgan fingerprint density at radius 2 is 1.67 bits per heavy atom. The second-order valence-electron chi connectivity index (χ2n) is 7.32. The SMILES string of the molecule is CC1(N)Cc2cc(-c3ccc(F)cc3)ccc2N(Cc2ccccc2)C1=O. The van der Waals surface area contributed by atoms with E-state index in [0.29, 0.717) is 13.0 Å². The number of hydrogen-bond donors (Lipinski definition) is 1. The summed E-state index contributed by atoms with van der Waals surface area (Å²) in [5.74, 6) is -0.334. The summed E-state index contributed by atoms with van der Waals surface area (Å²) in [5, 5.41) is 0. The molecule has 4 rings (SSSR count). The molecule has 0 fully saturated rings. The number of nitrogens with zero attached hydrogens (tertiary/aromatic N) is 1. The van der Waals surface area contributed by atoms with Crippen molar-refractivity contribution in [2.75, 3.05) is 4.90 Å². The highest BCUT2D eigenvalue weighted by molar-refractivity contribution is 6.03. The van der Waals surface area contributed by atoms with Crippen molar-refractivity contribution in [2.24, 2.45) is 5.73 Å². The third-order valence-corrected chi connectivity index (χ3v) is 5.02. The fourth-order valence-corrected chi connectivity index (χ4v) is 3.62. The van der Waals surface area contributed by atoms with Crippen LogP contribution < -0.4 is 10.6 Å². The van der Waals surface area contributed by atoms with E-state index in [1.54, 1.807) is 24.0 Å². The molecule has 0 saturated heterocycles. The number of fused-ring (bicyclic) bond motifs is 1. The molecule has 4 heteroatoms. The molecule has 1 aliphatic heterocycles. The highest BCUT2D eigenvalue weighted by atomic mass is 19.1. The number of halogens is 1. The van der Waals surface area contributed by atoms with Crippen LogP contribution in [0.2, 0.25) is 0 Å². The van der Waals surface area contributed by atoms with E-state index in [1.165, 1.54) is 12.1 Å². The maximum atomic E-state index is 13.2. The molecule has 0 aromatic heterocycles. The molecule has 0 spiro atoms. The van der Waals surface area contributed by atoms with Crippen LogP contribution in [-0.4, -0.2) is 11.4 Å². The first-order valence-corrected chi connectivity index (χ1v) is 8.98. The molecule has 1 amide bonds. The summed E-state index contributed by atoms with van der Waals surface area (Å²) < 4.78 is 13.2. The molecule has 1 heterocycles. The summed E-state index contributed by atoms with van der Waals surface area (Å²) in [6.45, 7) is 2.26. The van der Waals surface area contributed by atoms with Crippen LogP contribution in [0.4, 0.5) is 10.1 Å². The van der Waals surface area contributed by atoms with Crippen LogP contribution in [0.5, 0.6) is 0 Å². The minimum absolute atomic E-state index is 0.0756. The van der Waals surface area contributed by atoms with Crippen LogP contribution in [0, 0.1) is 5.82 Å². The Hall–Kier alpha value is -2.98. The summed E-state index contributed by atoms with van der Waals surface area (Å²) in [7, 11) is 0. The van der Waals surface area contributed by atoms with Gasteiger partial charge in [0.25, 0.3) is 0 Å². The predicted molar refractivity (Wildman–Crippen MR) is 106 cm³/mol. The lowest BCUT2D eigenvalue weighted by Gasteiger charge is -2.38. The Balaban J connectivity index is 1.75. The van der Waals surface area contributed by atoms with Gasteiger partial charge in [0.2, 0.25) is 5.91 Å². The van der Waals surface area contributed by atoms with E-state index in [2.05, 4.69) is 6.07 Å². The molecular formula is C23H21FN2O. The second-order valence-corrected chi connectivity index (χ2v) is 7.32. The van der Waals surface area contributed by atoms with E-state index in [-0.39, 0.29) is 11.7 Å². The molecule has 0 bridgehead atoms. The summed E-state index contributed by atoms with van der Waals surface area (Å²) >= 11 is 0.